The van der Waals surface area contributed by atoms with Crippen molar-refractivity contribution in [1.29, 1.82) is 0 Å². The second-order valence-electron chi connectivity index (χ2n) is 4.97. The van der Waals surface area contributed by atoms with E-state index in [9.17, 15) is 29.4 Å². The van der Waals surface area contributed by atoms with Gasteiger partial charge >= 0.3 is 11.9 Å². The highest BCUT2D eigenvalue weighted by atomic mass is 16.4. The van der Waals surface area contributed by atoms with Gasteiger partial charge in [-0.05, 0) is 23.8 Å². The van der Waals surface area contributed by atoms with Crippen LogP contribution in [0.1, 0.15) is 41.4 Å². The minimum Gasteiger partial charge on any atom is -0.478 e. The number of nitrogens with two attached hydrogens (primary N) is 2. The minimum absolute atomic E-state index is 0.0121. The molecule has 134 valence electrons. The molecule has 0 saturated carbocycles. The van der Waals surface area contributed by atoms with E-state index in [4.69, 9.17) is 11.7 Å². The lowest BCUT2D eigenvalue weighted by atomic mass is 9.93. The predicted molar refractivity (Wildman–Crippen MR) is 86.9 cm³/mol. The Balaban J connectivity index is 2.87. The van der Waals surface area contributed by atoms with Crippen LogP contribution in [0.4, 0.5) is 0 Å². The van der Waals surface area contributed by atoms with E-state index in [1.54, 1.807) is 0 Å². The van der Waals surface area contributed by atoms with Crippen molar-refractivity contribution >= 4 is 23.8 Å². The van der Waals surface area contributed by atoms with E-state index in [1.807, 2.05) is 10.9 Å². The van der Waals surface area contributed by atoms with Gasteiger partial charge in [0.05, 0.1) is 11.1 Å². The van der Waals surface area contributed by atoms with Gasteiger partial charge in [0.2, 0.25) is 0 Å². The van der Waals surface area contributed by atoms with Crippen LogP contribution in [-0.4, -0.2) is 39.0 Å². The maximum atomic E-state index is 11.9. The zero-order valence-electron chi connectivity index (χ0n) is 13.0. The van der Waals surface area contributed by atoms with Gasteiger partial charge in [0.1, 0.15) is 0 Å². The smallest absolute Gasteiger partial charge is 0.337 e. The molecule has 0 saturated heterocycles. The number of nitrogen functional groups attached to an aromatic ring is 2. The number of carbonyl (C=O) groups is 4. The monoisotopic (exact) mass is 359 g/mol. The Bertz CT molecular complexity index is 860. The van der Waals surface area contributed by atoms with E-state index < -0.39 is 34.9 Å². The first-order chi connectivity index (χ1) is 12.3. The molecular formula is C15H13N5O6. The van der Waals surface area contributed by atoms with Gasteiger partial charge in [-0.15, -0.1) is 0 Å². The molecule has 0 atom stereocenters. The molecule has 1 aromatic carbocycles. The highest BCUT2D eigenvalue weighted by Gasteiger charge is 2.23. The summed E-state index contributed by atoms with van der Waals surface area (Å²) in [5, 5.41) is 18.7. The quantitative estimate of drug-likeness (QED) is 0.228. The van der Waals surface area contributed by atoms with Crippen LogP contribution in [0.2, 0.25) is 0 Å². The van der Waals surface area contributed by atoms with Crippen molar-refractivity contribution in [3.05, 3.63) is 52.8 Å². The van der Waals surface area contributed by atoms with Gasteiger partial charge in [0, 0.05) is 29.1 Å². The SMILES string of the molecule is NNC(=O)c1cc(C(=O)NN)cc(-c2c(C(=O)O)cncc2C(=O)O)c1. The number of hydrazine groups is 2. The second kappa shape index (κ2) is 7.38. The number of pyridine rings is 1. The number of nitrogens with one attached hydrogen (secondary N) is 2. The summed E-state index contributed by atoms with van der Waals surface area (Å²) in [6.07, 6.45) is 1.92. The number of rotatable bonds is 5. The number of nitrogens with zero attached hydrogens (tertiary/aromatic N) is 1. The third kappa shape index (κ3) is 3.48. The molecular weight excluding hydrogens is 346 g/mol. The van der Waals surface area contributed by atoms with Gasteiger partial charge in [-0.3, -0.25) is 25.4 Å². The molecule has 0 radical (unpaired) electrons. The molecule has 0 aliphatic rings. The van der Waals surface area contributed by atoms with Crippen molar-refractivity contribution < 1.29 is 29.4 Å². The number of benzene rings is 1. The fourth-order valence-corrected chi connectivity index (χ4v) is 2.30. The Hall–Kier alpha value is -3.83. The van der Waals surface area contributed by atoms with Crippen LogP contribution in [0.25, 0.3) is 11.1 Å². The van der Waals surface area contributed by atoms with Crippen LogP contribution in [0, 0.1) is 0 Å². The summed E-state index contributed by atoms with van der Waals surface area (Å²) in [4.78, 5) is 50.3. The van der Waals surface area contributed by atoms with E-state index in [-0.39, 0.29) is 22.3 Å². The van der Waals surface area contributed by atoms with Crippen molar-refractivity contribution in [2.24, 2.45) is 11.7 Å². The number of hydrogen-bond acceptors (Lipinski definition) is 7. The molecule has 0 aliphatic carbocycles. The Morgan fingerprint density at radius 3 is 1.58 bits per heavy atom. The van der Waals surface area contributed by atoms with Gasteiger partial charge in [-0.25, -0.2) is 21.3 Å². The molecule has 0 bridgehead atoms. The van der Waals surface area contributed by atoms with Crippen molar-refractivity contribution in [3.8, 4) is 11.1 Å². The molecule has 0 unspecified atom stereocenters. The number of carboxylic acid groups (broad SMARTS) is 2. The van der Waals surface area contributed by atoms with E-state index in [2.05, 4.69) is 4.98 Å². The van der Waals surface area contributed by atoms with Crippen LogP contribution in [0.15, 0.2) is 30.6 Å². The van der Waals surface area contributed by atoms with Crippen LogP contribution in [0.5, 0.6) is 0 Å². The van der Waals surface area contributed by atoms with Crippen LogP contribution in [-0.2, 0) is 0 Å². The molecule has 1 aromatic heterocycles. The zero-order chi connectivity index (χ0) is 19.4. The standard InChI is InChI=1S/C15H13N5O6/c16-19-12(21)7-1-6(2-8(3-7)13(22)20-17)11-9(14(23)24)4-18-5-10(11)15(25)26/h1-5H,16-17H2,(H,19,21)(H,20,22)(H,23,24)(H,25,26). The molecule has 0 spiro atoms. The summed E-state index contributed by atoms with van der Waals surface area (Å²) in [7, 11) is 0. The largest absolute Gasteiger partial charge is 0.478 e. The molecule has 2 aromatic rings. The van der Waals surface area contributed by atoms with E-state index in [0.29, 0.717) is 0 Å². The Morgan fingerprint density at radius 1 is 0.808 bits per heavy atom. The Morgan fingerprint density at radius 2 is 1.23 bits per heavy atom. The number of carbonyl (C=O) groups excluding carboxylic acids is 2. The maximum absolute atomic E-state index is 11.9. The highest BCUT2D eigenvalue weighted by molar-refractivity contribution is 6.07. The lowest BCUT2D eigenvalue weighted by Crippen LogP contribution is -2.32. The summed E-state index contributed by atoms with van der Waals surface area (Å²) in [5.74, 6) is 5.74. The molecule has 2 rings (SSSR count). The summed E-state index contributed by atoms with van der Waals surface area (Å²) in [6.45, 7) is 0. The lowest BCUT2D eigenvalue weighted by molar-refractivity contribution is 0.0696. The number of amides is 2. The first kappa shape index (κ1) is 18.5. The van der Waals surface area contributed by atoms with Crippen LogP contribution >= 0.6 is 0 Å². The lowest BCUT2D eigenvalue weighted by Gasteiger charge is -2.13. The van der Waals surface area contributed by atoms with Gasteiger partial charge in [0.25, 0.3) is 11.8 Å². The predicted octanol–water partition coefficient (Wildman–Crippen LogP) is -0.648. The number of hydrogen-bond donors (Lipinski definition) is 6. The second-order valence-corrected chi connectivity index (χ2v) is 4.97. The third-order valence-electron chi connectivity index (χ3n) is 3.42. The Labute approximate surface area is 145 Å². The summed E-state index contributed by atoms with van der Waals surface area (Å²) in [5.41, 5.74) is 2.46. The summed E-state index contributed by atoms with van der Waals surface area (Å²) < 4.78 is 0. The summed E-state index contributed by atoms with van der Waals surface area (Å²) in [6, 6.07) is 3.56. The fourth-order valence-electron chi connectivity index (χ4n) is 2.30. The summed E-state index contributed by atoms with van der Waals surface area (Å²) >= 11 is 0. The van der Waals surface area contributed by atoms with E-state index in [0.717, 1.165) is 18.5 Å². The molecule has 0 fully saturated rings. The fraction of sp³-hybridized carbons (Fsp3) is 0. The van der Waals surface area contributed by atoms with Gasteiger partial charge in [-0.1, -0.05) is 0 Å². The minimum atomic E-state index is -1.44. The van der Waals surface area contributed by atoms with Crippen LogP contribution in [0.3, 0.4) is 0 Å². The molecule has 8 N–H and O–H groups in total. The van der Waals surface area contributed by atoms with Crippen molar-refractivity contribution in [2.75, 3.05) is 0 Å². The van der Waals surface area contributed by atoms with E-state index in [1.165, 1.54) is 12.1 Å². The maximum Gasteiger partial charge on any atom is 0.337 e. The Kier molecular flexibility index (Phi) is 5.25. The third-order valence-corrected chi connectivity index (χ3v) is 3.42. The van der Waals surface area contributed by atoms with Gasteiger partial charge in [0.15, 0.2) is 0 Å². The molecule has 0 aliphatic heterocycles. The topological polar surface area (TPSA) is 198 Å². The number of carboxylic acids is 2. The number of aromatic carboxylic acids is 2. The van der Waals surface area contributed by atoms with E-state index >= 15 is 0 Å². The first-order valence-corrected chi connectivity index (χ1v) is 6.92. The molecule has 2 amide bonds. The van der Waals surface area contributed by atoms with Crippen molar-refractivity contribution in [2.45, 2.75) is 0 Å². The molecule has 1 heterocycles. The van der Waals surface area contributed by atoms with Crippen LogP contribution < -0.4 is 22.5 Å². The van der Waals surface area contributed by atoms with Crippen molar-refractivity contribution in [3.63, 3.8) is 0 Å². The average Bonchev–Trinajstić information content (AvgIpc) is 2.65. The molecule has 26 heavy (non-hydrogen) atoms. The average molecular weight is 359 g/mol. The highest BCUT2D eigenvalue weighted by Crippen LogP contribution is 2.29. The van der Waals surface area contributed by atoms with Gasteiger partial charge in [-0.2, -0.15) is 0 Å². The molecule has 11 heteroatoms. The van der Waals surface area contributed by atoms with Crippen molar-refractivity contribution in [1.82, 2.24) is 15.8 Å². The normalized spacial score (nSPS) is 10.1. The molecule has 11 nitrogen and oxygen atoms in total. The number of aromatic nitrogens is 1. The zero-order valence-corrected chi connectivity index (χ0v) is 13.0. The van der Waals surface area contributed by atoms with Gasteiger partial charge < -0.3 is 10.2 Å². The first-order valence-electron chi connectivity index (χ1n) is 6.92.